The van der Waals surface area contributed by atoms with Crippen molar-refractivity contribution < 1.29 is 0 Å². The van der Waals surface area contributed by atoms with Crippen LogP contribution in [-0.4, -0.2) is 29.6 Å². The third-order valence-corrected chi connectivity index (χ3v) is 4.20. The summed E-state index contributed by atoms with van der Waals surface area (Å²) in [5.41, 5.74) is 8.64. The van der Waals surface area contributed by atoms with E-state index in [1.165, 1.54) is 30.5 Å². The second-order valence-electron chi connectivity index (χ2n) is 6.57. The maximum absolute atomic E-state index is 5.89. The maximum Gasteiger partial charge on any atom is 0.135 e. The summed E-state index contributed by atoms with van der Waals surface area (Å²) in [6.45, 7) is 9.23. The highest BCUT2D eigenvalue weighted by Crippen LogP contribution is 2.28. The van der Waals surface area contributed by atoms with Gasteiger partial charge in [0.05, 0.1) is 0 Å². The van der Waals surface area contributed by atoms with E-state index in [-0.39, 0.29) is 5.41 Å². The van der Waals surface area contributed by atoms with E-state index in [0.29, 0.717) is 6.54 Å². The second kappa shape index (κ2) is 6.53. The quantitative estimate of drug-likeness (QED) is 0.840. The molecule has 1 aromatic heterocycles. The van der Waals surface area contributed by atoms with E-state index >= 15 is 0 Å². The van der Waals surface area contributed by atoms with E-state index in [9.17, 15) is 0 Å². The van der Waals surface area contributed by atoms with Crippen LogP contribution >= 0.6 is 0 Å². The van der Waals surface area contributed by atoms with E-state index in [1.54, 1.807) is 6.33 Å². The second-order valence-corrected chi connectivity index (χ2v) is 6.57. The van der Waals surface area contributed by atoms with Gasteiger partial charge in [-0.1, -0.05) is 20.3 Å². The number of aromatic nitrogens is 2. The Morgan fingerprint density at radius 3 is 2.65 bits per heavy atom. The Kier molecular flexibility index (Phi) is 4.97. The Labute approximate surface area is 122 Å². The third-order valence-electron chi connectivity index (χ3n) is 4.20. The van der Waals surface area contributed by atoms with Crippen molar-refractivity contribution in [1.82, 2.24) is 9.97 Å². The first-order valence-electron chi connectivity index (χ1n) is 7.85. The Morgan fingerprint density at radius 2 is 1.95 bits per heavy atom. The van der Waals surface area contributed by atoms with E-state index in [4.69, 9.17) is 5.73 Å². The van der Waals surface area contributed by atoms with Gasteiger partial charge in [0.15, 0.2) is 0 Å². The van der Waals surface area contributed by atoms with Crippen LogP contribution in [0.3, 0.4) is 0 Å². The first-order valence-corrected chi connectivity index (χ1v) is 7.85. The molecule has 0 saturated heterocycles. The van der Waals surface area contributed by atoms with Crippen LogP contribution in [0.25, 0.3) is 0 Å². The summed E-state index contributed by atoms with van der Waals surface area (Å²) in [4.78, 5) is 11.5. The molecule has 0 amide bonds. The van der Waals surface area contributed by atoms with Crippen molar-refractivity contribution in [2.75, 3.05) is 24.5 Å². The highest BCUT2D eigenvalue weighted by atomic mass is 15.2. The lowest BCUT2D eigenvalue weighted by Crippen LogP contribution is -2.39. The SMILES string of the molecule is CCN(CC(C)(C)CN)c1ncnc2c1CCCCC2. The molecular weight excluding hydrogens is 248 g/mol. The summed E-state index contributed by atoms with van der Waals surface area (Å²) < 4.78 is 0. The molecule has 1 aromatic rings. The molecule has 112 valence electrons. The summed E-state index contributed by atoms with van der Waals surface area (Å²) >= 11 is 0. The average molecular weight is 276 g/mol. The van der Waals surface area contributed by atoms with Crippen LogP contribution in [0.1, 0.15) is 51.3 Å². The predicted molar refractivity (Wildman–Crippen MR) is 84.0 cm³/mol. The number of aryl methyl sites for hydroxylation is 1. The molecule has 1 aliphatic rings. The molecule has 0 aromatic carbocycles. The number of nitrogens with zero attached hydrogens (tertiary/aromatic N) is 3. The van der Waals surface area contributed by atoms with Crippen LogP contribution in [0.5, 0.6) is 0 Å². The molecule has 0 radical (unpaired) electrons. The lowest BCUT2D eigenvalue weighted by atomic mass is 9.93. The van der Waals surface area contributed by atoms with E-state index in [2.05, 4.69) is 35.6 Å². The molecule has 2 N–H and O–H groups in total. The minimum atomic E-state index is 0.110. The predicted octanol–water partition coefficient (Wildman–Crippen LogP) is 2.56. The fourth-order valence-electron chi connectivity index (χ4n) is 2.87. The van der Waals surface area contributed by atoms with Gasteiger partial charge in [0, 0.05) is 24.3 Å². The number of fused-ring (bicyclic) bond motifs is 1. The van der Waals surface area contributed by atoms with Crippen LogP contribution in [0.15, 0.2) is 6.33 Å². The van der Waals surface area contributed by atoms with Crippen molar-refractivity contribution in [3.8, 4) is 0 Å². The van der Waals surface area contributed by atoms with Gasteiger partial charge in [0.2, 0.25) is 0 Å². The fourth-order valence-corrected chi connectivity index (χ4v) is 2.87. The van der Waals surface area contributed by atoms with Gasteiger partial charge in [-0.15, -0.1) is 0 Å². The van der Waals surface area contributed by atoms with Crippen molar-refractivity contribution >= 4 is 5.82 Å². The molecule has 0 bridgehead atoms. The largest absolute Gasteiger partial charge is 0.356 e. The summed E-state index contributed by atoms with van der Waals surface area (Å²) in [6, 6.07) is 0. The molecule has 2 rings (SSSR count). The Bertz CT molecular complexity index is 442. The smallest absolute Gasteiger partial charge is 0.135 e. The van der Waals surface area contributed by atoms with Gasteiger partial charge in [0.1, 0.15) is 12.1 Å². The molecule has 0 atom stereocenters. The Balaban J connectivity index is 2.30. The summed E-state index contributed by atoms with van der Waals surface area (Å²) in [5, 5.41) is 0. The highest BCUT2D eigenvalue weighted by molar-refractivity contribution is 5.49. The zero-order valence-electron chi connectivity index (χ0n) is 13.2. The van der Waals surface area contributed by atoms with Crippen molar-refractivity contribution in [3.05, 3.63) is 17.6 Å². The molecule has 20 heavy (non-hydrogen) atoms. The first kappa shape index (κ1) is 15.2. The van der Waals surface area contributed by atoms with Crippen LogP contribution in [0.2, 0.25) is 0 Å². The Hall–Kier alpha value is -1.16. The Morgan fingerprint density at radius 1 is 1.20 bits per heavy atom. The van der Waals surface area contributed by atoms with Gasteiger partial charge in [-0.3, -0.25) is 0 Å². The van der Waals surface area contributed by atoms with Crippen molar-refractivity contribution in [1.29, 1.82) is 0 Å². The number of hydrogen-bond donors (Lipinski definition) is 1. The van der Waals surface area contributed by atoms with Gasteiger partial charge in [-0.25, -0.2) is 9.97 Å². The molecule has 0 saturated carbocycles. The fraction of sp³-hybridized carbons (Fsp3) is 0.750. The third kappa shape index (κ3) is 3.48. The lowest BCUT2D eigenvalue weighted by molar-refractivity contribution is 0.378. The van der Waals surface area contributed by atoms with Gasteiger partial charge in [-0.05, 0) is 44.6 Å². The summed E-state index contributed by atoms with van der Waals surface area (Å²) in [7, 11) is 0. The number of anilines is 1. The van der Waals surface area contributed by atoms with E-state index < -0.39 is 0 Å². The molecule has 0 unspecified atom stereocenters. The lowest BCUT2D eigenvalue weighted by Gasteiger charge is -2.33. The van der Waals surface area contributed by atoms with Gasteiger partial charge in [-0.2, -0.15) is 0 Å². The van der Waals surface area contributed by atoms with Crippen LogP contribution < -0.4 is 10.6 Å². The molecule has 1 aliphatic carbocycles. The molecular formula is C16H28N4. The molecule has 0 aliphatic heterocycles. The minimum absolute atomic E-state index is 0.110. The zero-order chi connectivity index (χ0) is 14.6. The number of rotatable bonds is 5. The molecule has 1 heterocycles. The van der Waals surface area contributed by atoms with Gasteiger partial charge >= 0.3 is 0 Å². The van der Waals surface area contributed by atoms with Crippen LogP contribution in [0.4, 0.5) is 5.82 Å². The minimum Gasteiger partial charge on any atom is -0.356 e. The molecule has 0 spiro atoms. The van der Waals surface area contributed by atoms with Crippen molar-refractivity contribution in [2.24, 2.45) is 11.1 Å². The van der Waals surface area contributed by atoms with Crippen LogP contribution in [0, 0.1) is 5.41 Å². The monoisotopic (exact) mass is 276 g/mol. The van der Waals surface area contributed by atoms with Gasteiger partial charge in [0.25, 0.3) is 0 Å². The highest BCUT2D eigenvalue weighted by Gasteiger charge is 2.23. The average Bonchev–Trinajstić information content (AvgIpc) is 2.70. The van der Waals surface area contributed by atoms with Crippen molar-refractivity contribution in [2.45, 2.75) is 52.9 Å². The summed E-state index contributed by atoms with van der Waals surface area (Å²) in [5.74, 6) is 1.14. The van der Waals surface area contributed by atoms with E-state index in [0.717, 1.165) is 31.7 Å². The number of nitrogens with two attached hydrogens (primary N) is 1. The standard InChI is InChI=1S/C16H28N4/c1-4-20(11-16(2,3)10-17)15-13-8-6-5-7-9-14(13)18-12-19-15/h12H,4-11,17H2,1-3H3. The first-order chi connectivity index (χ1) is 9.57. The van der Waals surface area contributed by atoms with Crippen molar-refractivity contribution in [3.63, 3.8) is 0 Å². The van der Waals surface area contributed by atoms with Crippen LogP contribution in [-0.2, 0) is 12.8 Å². The van der Waals surface area contributed by atoms with E-state index in [1.807, 2.05) is 0 Å². The zero-order valence-corrected chi connectivity index (χ0v) is 13.2. The maximum atomic E-state index is 5.89. The van der Waals surface area contributed by atoms with Gasteiger partial charge < -0.3 is 10.6 Å². The number of hydrogen-bond acceptors (Lipinski definition) is 4. The normalized spacial score (nSPS) is 15.6. The molecule has 4 heteroatoms. The topological polar surface area (TPSA) is 55.0 Å². The molecule has 4 nitrogen and oxygen atoms in total. The summed E-state index contributed by atoms with van der Waals surface area (Å²) in [6.07, 6.45) is 7.76. The molecule has 0 fully saturated rings.